The fraction of sp³-hybridized carbons (Fsp3) is 0.417. The van der Waals surface area contributed by atoms with Gasteiger partial charge in [-0.05, 0) is 18.4 Å². The standard InChI is InChI=1S/C12H12O2/c1-11-6-8-4-2-3-5-9(8)10(13)12(11,14)7-11/h2-5,14H,6-7H2,1H3/t11-,12+/m0/s1. The minimum Gasteiger partial charge on any atom is -0.381 e. The monoisotopic (exact) mass is 188 g/mol. The zero-order valence-corrected chi connectivity index (χ0v) is 8.08. The Hall–Kier alpha value is -1.15. The highest BCUT2D eigenvalue weighted by molar-refractivity contribution is 6.07. The minimum atomic E-state index is -1.05. The number of benzene rings is 1. The predicted octanol–water partition coefficient (Wildman–Crippen LogP) is 1.57. The van der Waals surface area contributed by atoms with E-state index in [2.05, 4.69) is 0 Å². The van der Waals surface area contributed by atoms with Gasteiger partial charge in [-0.25, -0.2) is 0 Å². The number of hydrogen-bond donors (Lipinski definition) is 1. The first-order chi connectivity index (χ1) is 6.57. The number of carbonyl (C=O) groups is 1. The largest absolute Gasteiger partial charge is 0.381 e. The van der Waals surface area contributed by atoms with E-state index in [1.165, 1.54) is 0 Å². The molecule has 2 nitrogen and oxygen atoms in total. The summed E-state index contributed by atoms with van der Waals surface area (Å²) in [5, 5.41) is 10.1. The van der Waals surface area contributed by atoms with E-state index in [0.29, 0.717) is 12.0 Å². The summed E-state index contributed by atoms with van der Waals surface area (Å²) >= 11 is 0. The van der Waals surface area contributed by atoms with Crippen molar-refractivity contribution < 1.29 is 9.90 Å². The molecule has 1 aromatic rings. The third-order valence-electron chi connectivity index (χ3n) is 3.74. The zero-order chi connectivity index (χ0) is 9.97. The van der Waals surface area contributed by atoms with Crippen LogP contribution in [0.4, 0.5) is 0 Å². The molecule has 1 fully saturated rings. The van der Waals surface area contributed by atoms with Gasteiger partial charge in [-0.15, -0.1) is 0 Å². The lowest BCUT2D eigenvalue weighted by molar-refractivity contribution is 0.0549. The van der Waals surface area contributed by atoms with E-state index in [1.807, 2.05) is 31.2 Å². The van der Waals surface area contributed by atoms with E-state index >= 15 is 0 Å². The highest BCUT2D eigenvalue weighted by Crippen LogP contribution is 2.62. The number of carbonyl (C=O) groups excluding carboxylic acids is 1. The Morgan fingerprint density at radius 1 is 1.36 bits per heavy atom. The fourth-order valence-electron chi connectivity index (χ4n) is 2.62. The highest BCUT2D eigenvalue weighted by atomic mass is 16.3. The average Bonchev–Trinajstić information content (AvgIpc) is 2.70. The van der Waals surface area contributed by atoms with Gasteiger partial charge < -0.3 is 5.11 Å². The second-order valence-corrected chi connectivity index (χ2v) is 4.76. The van der Waals surface area contributed by atoms with Crippen LogP contribution in [0, 0.1) is 5.41 Å². The number of rotatable bonds is 0. The lowest BCUT2D eigenvalue weighted by atomic mass is 9.82. The average molecular weight is 188 g/mol. The van der Waals surface area contributed by atoms with Crippen molar-refractivity contribution in [3.63, 3.8) is 0 Å². The van der Waals surface area contributed by atoms with Gasteiger partial charge in [-0.3, -0.25) is 4.79 Å². The molecule has 0 spiro atoms. The molecule has 0 heterocycles. The summed E-state index contributed by atoms with van der Waals surface area (Å²) in [4.78, 5) is 11.9. The summed E-state index contributed by atoms with van der Waals surface area (Å²) in [5.74, 6) is -0.0816. The van der Waals surface area contributed by atoms with Gasteiger partial charge in [0.15, 0.2) is 5.78 Å². The molecule has 1 saturated carbocycles. The molecule has 2 heteroatoms. The Balaban J connectivity index is 2.20. The van der Waals surface area contributed by atoms with Crippen LogP contribution >= 0.6 is 0 Å². The van der Waals surface area contributed by atoms with Crippen LogP contribution in [0.1, 0.15) is 29.3 Å². The van der Waals surface area contributed by atoms with Crippen molar-refractivity contribution in [3.05, 3.63) is 35.4 Å². The summed E-state index contributed by atoms with van der Waals surface area (Å²) in [5.41, 5.74) is 0.548. The van der Waals surface area contributed by atoms with Gasteiger partial charge in [-0.1, -0.05) is 31.2 Å². The van der Waals surface area contributed by atoms with Crippen molar-refractivity contribution in [1.82, 2.24) is 0 Å². The summed E-state index contributed by atoms with van der Waals surface area (Å²) in [6.45, 7) is 1.99. The minimum absolute atomic E-state index is 0.0816. The van der Waals surface area contributed by atoms with E-state index in [1.54, 1.807) is 0 Å². The maximum Gasteiger partial charge on any atom is 0.195 e. The van der Waals surface area contributed by atoms with Crippen LogP contribution in [0.5, 0.6) is 0 Å². The maximum absolute atomic E-state index is 11.9. The van der Waals surface area contributed by atoms with Crippen molar-refractivity contribution >= 4 is 5.78 Å². The van der Waals surface area contributed by atoms with Crippen LogP contribution in [0.15, 0.2) is 24.3 Å². The number of ketones is 1. The Labute approximate surface area is 82.6 Å². The molecule has 2 aliphatic carbocycles. The first-order valence-corrected chi connectivity index (χ1v) is 4.92. The van der Waals surface area contributed by atoms with Gasteiger partial charge in [0.25, 0.3) is 0 Å². The molecule has 2 atom stereocenters. The molecule has 0 aliphatic heterocycles. The molecule has 3 rings (SSSR count). The maximum atomic E-state index is 11.9. The predicted molar refractivity (Wildman–Crippen MR) is 52.2 cm³/mol. The molecule has 1 aromatic carbocycles. The Morgan fingerprint density at radius 2 is 2.07 bits per heavy atom. The quantitative estimate of drug-likeness (QED) is 0.671. The second-order valence-electron chi connectivity index (χ2n) is 4.76. The van der Waals surface area contributed by atoms with Crippen molar-refractivity contribution in [2.24, 2.45) is 5.41 Å². The molecule has 0 amide bonds. The summed E-state index contributed by atoms with van der Waals surface area (Å²) in [6, 6.07) is 7.59. The number of hydrogen-bond acceptors (Lipinski definition) is 2. The molecule has 1 N–H and O–H groups in total. The van der Waals surface area contributed by atoms with Gasteiger partial charge in [0.2, 0.25) is 0 Å². The molecular weight excluding hydrogens is 176 g/mol. The van der Waals surface area contributed by atoms with Crippen molar-refractivity contribution in [1.29, 1.82) is 0 Å². The third-order valence-corrected chi connectivity index (χ3v) is 3.74. The van der Waals surface area contributed by atoms with Crippen LogP contribution < -0.4 is 0 Å². The van der Waals surface area contributed by atoms with E-state index in [0.717, 1.165) is 12.0 Å². The number of fused-ring (bicyclic) bond motifs is 2. The normalized spacial score (nSPS) is 38.9. The molecule has 14 heavy (non-hydrogen) atoms. The van der Waals surface area contributed by atoms with E-state index in [-0.39, 0.29) is 11.2 Å². The smallest absolute Gasteiger partial charge is 0.195 e. The zero-order valence-electron chi connectivity index (χ0n) is 8.08. The molecule has 0 unspecified atom stereocenters. The Bertz CT molecular complexity index is 438. The fourth-order valence-corrected chi connectivity index (χ4v) is 2.62. The van der Waals surface area contributed by atoms with Gasteiger partial charge in [0, 0.05) is 11.0 Å². The first-order valence-electron chi connectivity index (χ1n) is 4.92. The second kappa shape index (κ2) is 2.09. The SMILES string of the molecule is C[C@@]12Cc3ccccc3C(=O)[C@]1(O)C2. The molecule has 2 aliphatic rings. The Morgan fingerprint density at radius 3 is 2.86 bits per heavy atom. The highest BCUT2D eigenvalue weighted by Gasteiger charge is 2.70. The van der Waals surface area contributed by atoms with Gasteiger partial charge in [-0.2, -0.15) is 0 Å². The van der Waals surface area contributed by atoms with Crippen molar-refractivity contribution in [2.45, 2.75) is 25.4 Å². The summed E-state index contributed by atoms with van der Waals surface area (Å²) < 4.78 is 0. The van der Waals surface area contributed by atoms with Gasteiger partial charge >= 0.3 is 0 Å². The molecular formula is C12H12O2. The van der Waals surface area contributed by atoms with Crippen LogP contribution in [0.3, 0.4) is 0 Å². The van der Waals surface area contributed by atoms with Crippen LogP contribution in [-0.4, -0.2) is 16.5 Å². The summed E-state index contributed by atoms with van der Waals surface area (Å²) in [6.07, 6.45) is 1.44. The van der Waals surface area contributed by atoms with Gasteiger partial charge in [0.05, 0.1) is 0 Å². The van der Waals surface area contributed by atoms with Crippen molar-refractivity contribution in [3.8, 4) is 0 Å². The summed E-state index contributed by atoms with van der Waals surface area (Å²) in [7, 11) is 0. The van der Waals surface area contributed by atoms with Crippen molar-refractivity contribution in [2.75, 3.05) is 0 Å². The van der Waals surface area contributed by atoms with Crippen LogP contribution in [0.2, 0.25) is 0 Å². The van der Waals surface area contributed by atoms with E-state index in [9.17, 15) is 9.90 Å². The lowest BCUT2D eigenvalue weighted by Gasteiger charge is -2.24. The first kappa shape index (κ1) is 8.18. The molecule has 0 bridgehead atoms. The van der Waals surface area contributed by atoms with Crippen LogP contribution in [0.25, 0.3) is 0 Å². The lowest BCUT2D eigenvalue weighted by Crippen LogP contribution is -2.35. The number of aliphatic hydroxyl groups is 1. The van der Waals surface area contributed by atoms with E-state index in [4.69, 9.17) is 0 Å². The Kier molecular flexibility index (Phi) is 1.22. The topological polar surface area (TPSA) is 37.3 Å². The third kappa shape index (κ3) is 0.735. The van der Waals surface area contributed by atoms with E-state index < -0.39 is 5.60 Å². The van der Waals surface area contributed by atoms with Crippen LogP contribution in [-0.2, 0) is 6.42 Å². The molecule has 0 aromatic heterocycles. The molecule has 72 valence electrons. The van der Waals surface area contributed by atoms with Gasteiger partial charge in [0.1, 0.15) is 5.60 Å². The molecule has 0 radical (unpaired) electrons. The molecule has 0 saturated heterocycles. The number of Topliss-reactive ketones (excluding diaryl/α,β-unsaturated/α-hetero) is 1.